The van der Waals surface area contributed by atoms with Crippen LogP contribution in [0.2, 0.25) is 0 Å². The summed E-state index contributed by atoms with van der Waals surface area (Å²) < 4.78 is 5.09. The molecular weight excluding hydrogens is 314 g/mol. The lowest BCUT2D eigenvalue weighted by molar-refractivity contribution is -0.385. The number of rotatable bonds is 5. The van der Waals surface area contributed by atoms with Gasteiger partial charge in [-0.3, -0.25) is 15.0 Å². The first kappa shape index (κ1) is 17.5. The van der Waals surface area contributed by atoms with E-state index < -0.39 is 23.0 Å². The number of carbonyl (C=O) groups is 2. The number of benzene rings is 1. The number of nitro groups is 1. The Morgan fingerprint density at radius 2 is 2.04 bits per heavy atom. The van der Waals surface area contributed by atoms with E-state index in [1.165, 1.54) is 23.1 Å². The van der Waals surface area contributed by atoms with Crippen LogP contribution in [0.15, 0.2) is 35.5 Å². The number of allylic oxidation sites excluding steroid dienone is 1. The molecule has 1 heterocycles. The summed E-state index contributed by atoms with van der Waals surface area (Å²) in [5.41, 5.74) is 0.715. The maximum absolute atomic E-state index is 12.4. The molecule has 8 nitrogen and oxygen atoms in total. The quantitative estimate of drug-likeness (QED) is 0.507. The second kappa shape index (κ2) is 7.12. The average molecular weight is 333 g/mol. The van der Waals surface area contributed by atoms with E-state index in [0.29, 0.717) is 12.2 Å². The highest BCUT2D eigenvalue weighted by Crippen LogP contribution is 2.35. The Morgan fingerprint density at radius 1 is 1.38 bits per heavy atom. The molecule has 0 bridgehead atoms. The molecule has 2 rings (SSSR count). The first-order valence-electron chi connectivity index (χ1n) is 7.61. The molecule has 1 aliphatic rings. The van der Waals surface area contributed by atoms with Gasteiger partial charge in [0.2, 0.25) is 0 Å². The largest absolute Gasteiger partial charge is 0.463 e. The smallest absolute Gasteiger partial charge is 0.338 e. The van der Waals surface area contributed by atoms with E-state index in [0.717, 1.165) is 0 Å². The minimum absolute atomic E-state index is 0.164. The molecule has 1 unspecified atom stereocenters. The molecule has 8 heteroatoms. The number of esters is 1. The number of nitro benzene ring substituents is 1. The zero-order valence-corrected chi connectivity index (χ0v) is 13.7. The topological polar surface area (TPSA) is 102 Å². The van der Waals surface area contributed by atoms with Gasteiger partial charge in [0, 0.05) is 18.3 Å². The fourth-order valence-corrected chi connectivity index (χ4v) is 2.77. The SMILES string of the molecule is CCOC(=O)C1=C(C)N(CC)C(=O)NC1c1ccccc1[N+](=O)[O-]. The van der Waals surface area contributed by atoms with Crippen molar-refractivity contribution in [2.24, 2.45) is 0 Å². The number of para-hydroxylation sites is 1. The van der Waals surface area contributed by atoms with Crippen LogP contribution in [0.25, 0.3) is 0 Å². The predicted molar refractivity (Wildman–Crippen MR) is 86.1 cm³/mol. The molecule has 0 saturated heterocycles. The highest BCUT2D eigenvalue weighted by molar-refractivity contribution is 5.95. The van der Waals surface area contributed by atoms with Gasteiger partial charge in [0.1, 0.15) is 0 Å². The summed E-state index contributed by atoms with van der Waals surface area (Å²) in [5, 5.41) is 14.0. The van der Waals surface area contributed by atoms with E-state index in [2.05, 4.69) is 5.32 Å². The molecule has 1 atom stereocenters. The van der Waals surface area contributed by atoms with Crippen molar-refractivity contribution in [3.8, 4) is 0 Å². The van der Waals surface area contributed by atoms with Crippen molar-refractivity contribution in [2.75, 3.05) is 13.2 Å². The maximum atomic E-state index is 12.4. The number of nitrogens with zero attached hydrogens (tertiary/aromatic N) is 2. The van der Waals surface area contributed by atoms with Crippen LogP contribution < -0.4 is 5.32 Å². The molecule has 0 radical (unpaired) electrons. The molecule has 1 aromatic carbocycles. The summed E-state index contributed by atoms with van der Waals surface area (Å²) in [7, 11) is 0. The summed E-state index contributed by atoms with van der Waals surface area (Å²) in [6, 6.07) is 4.68. The lowest BCUT2D eigenvalue weighted by atomic mass is 9.93. The van der Waals surface area contributed by atoms with Crippen molar-refractivity contribution in [3.63, 3.8) is 0 Å². The van der Waals surface area contributed by atoms with E-state index in [1.54, 1.807) is 26.8 Å². The van der Waals surface area contributed by atoms with Gasteiger partial charge in [-0.1, -0.05) is 12.1 Å². The van der Waals surface area contributed by atoms with Crippen LogP contribution in [0.3, 0.4) is 0 Å². The fraction of sp³-hybridized carbons (Fsp3) is 0.375. The van der Waals surface area contributed by atoms with Crippen LogP contribution in [0, 0.1) is 10.1 Å². The van der Waals surface area contributed by atoms with E-state index in [9.17, 15) is 19.7 Å². The third-order valence-corrected chi connectivity index (χ3v) is 3.85. The van der Waals surface area contributed by atoms with E-state index >= 15 is 0 Å². The van der Waals surface area contributed by atoms with Crippen LogP contribution in [-0.2, 0) is 9.53 Å². The van der Waals surface area contributed by atoms with E-state index in [4.69, 9.17) is 4.74 Å². The van der Waals surface area contributed by atoms with Crippen LogP contribution in [0.1, 0.15) is 32.4 Å². The summed E-state index contributed by atoms with van der Waals surface area (Å²) >= 11 is 0. The van der Waals surface area contributed by atoms with Gasteiger partial charge in [-0.15, -0.1) is 0 Å². The van der Waals surface area contributed by atoms with Crippen molar-refractivity contribution in [1.29, 1.82) is 0 Å². The second-order valence-electron chi connectivity index (χ2n) is 5.16. The summed E-state index contributed by atoms with van der Waals surface area (Å²) in [6.07, 6.45) is 0. The minimum Gasteiger partial charge on any atom is -0.463 e. The fourth-order valence-electron chi connectivity index (χ4n) is 2.77. The van der Waals surface area contributed by atoms with Crippen LogP contribution >= 0.6 is 0 Å². The molecule has 1 aromatic rings. The number of amides is 2. The summed E-state index contributed by atoms with van der Waals surface area (Å²) in [4.78, 5) is 36.9. The number of hydrogen-bond donors (Lipinski definition) is 1. The Bertz CT molecular complexity index is 713. The van der Waals surface area contributed by atoms with Crippen LogP contribution in [0.4, 0.5) is 10.5 Å². The van der Waals surface area contributed by atoms with Gasteiger partial charge in [0.25, 0.3) is 5.69 Å². The number of carbonyl (C=O) groups excluding carboxylic acids is 2. The van der Waals surface area contributed by atoms with Crippen LogP contribution in [-0.4, -0.2) is 35.0 Å². The predicted octanol–water partition coefficient (Wildman–Crippen LogP) is 2.52. The standard InChI is InChI=1S/C16H19N3O5/c1-4-18-10(3)13(15(20)24-5-2)14(17-16(18)21)11-8-6-7-9-12(11)19(22)23/h6-9,14H,4-5H2,1-3H3,(H,17,21). The lowest BCUT2D eigenvalue weighted by Crippen LogP contribution is -2.48. The lowest BCUT2D eigenvalue weighted by Gasteiger charge is -2.34. The maximum Gasteiger partial charge on any atom is 0.338 e. The number of urea groups is 1. The highest BCUT2D eigenvalue weighted by atomic mass is 16.6. The molecule has 2 amide bonds. The Balaban J connectivity index is 2.63. The minimum atomic E-state index is -0.930. The Hall–Kier alpha value is -2.90. The normalized spacial score (nSPS) is 17.5. The summed E-state index contributed by atoms with van der Waals surface area (Å²) in [6.45, 7) is 5.61. The Morgan fingerprint density at radius 3 is 2.62 bits per heavy atom. The van der Waals surface area contributed by atoms with Gasteiger partial charge in [0.05, 0.1) is 28.7 Å². The number of nitrogens with one attached hydrogen (secondary N) is 1. The number of hydrogen-bond acceptors (Lipinski definition) is 5. The first-order valence-corrected chi connectivity index (χ1v) is 7.61. The van der Waals surface area contributed by atoms with E-state index in [-0.39, 0.29) is 23.4 Å². The monoisotopic (exact) mass is 333 g/mol. The van der Waals surface area contributed by atoms with E-state index in [1.807, 2.05) is 0 Å². The molecule has 1 aliphatic heterocycles. The second-order valence-corrected chi connectivity index (χ2v) is 5.16. The van der Waals surface area contributed by atoms with Crippen molar-refractivity contribution in [3.05, 3.63) is 51.2 Å². The molecule has 1 N–H and O–H groups in total. The Labute approximate surface area is 139 Å². The third-order valence-electron chi connectivity index (χ3n) is 3.85. The van der Waals surface area contributed by atoms with Gasteiger partial charge in [-0.25, -0.2) is 9.59 Å². The summed E-state index contributed by atoms with van der Waals surface area (Å²) in [5.74, 6) is -0.600. The molecule has 0 spiro atoms. The molecule has 0 aromatic heterocycles. The van der Waals surface area contributed by atoms with Gasteiger partial charge in [-0.05, 0) is 26.8 Å². The van der Waals surface area contributed by atoms with Crippen molar-refractivity contribution >= 4 is 17.7 Å². The average Bonchev–Trinajstić information content (AvgIpc) is 2.54. The molecule has 24 heavy (non-hydrogen) atoms. The molecule has 0 saturated carbocycles. The van der Waals surface area contributed by atoms with Gasteiger partial charge < -0.3 is 10.1 Å². The molecular formula is C16H19N3O5. The van der Waals surface area contributed by atoms with Crippen LogP contribution in [0.5, 0.6) is 0 Å². The van der Waals surface area contributed by atoms with Gasteiger partial charge >= 0.3 is 12.0 Å². The van der Waals surface area contributed by atoms with Gasteiger partial charge in [-0.2, -0.15) is 0 Å². The number of ether oxygens (including phenoxy) is 1. The van der Waals surface area contributed by atoms with Gasteiger partial charge in [0.15, 0.2) is 0 Å². The third kappa shape index (κ3) is 3.08. The zero-order valence-electron chi connectivity index (χ0n) is 13.7. The van der Waals surface area contributed by atoms with Crippen molar-refractivity contribution < 1.29 is 19.2 Å². The highest BCUT2D eigenvalue weighted by Gasteiger charge is 2.38. The van der Waals surface area contributed by atoms with Crippen molar-refractivity contribution in [1.82, 2.24) is 10.2 Å². The Kier molecular flexibility index (Phi) is 5.18. The van der Waals surface area contributed by atoms with Crippen molar-refractivity contribution in [2.45, 2.75) is 26.8 Å². The zero-order chi connectivity index (χ0) is 17.9. The molecule has 128 valence electrons. The molecule has 0 fully saturated rings. The molecule has 0 aliphatic carbocycles. The first-order chi connectivity index (χ1) is 11.4.